The van der Waals surface area contributed by atoms with E-state index in [1.54, 1.807) is 0 Å². The maximum Gasteiger partial charge on any atom is 0.0328 e. The maximum absolute atomic E-state index is 3.68. The monoisotopic (exact) mass is 294 g/mol. The molecule has 0 bridgehead atoms. The van der Waals surface area contributed by atoms with E-state index in [2.05, 4.69) is 41.6 Å². The van der Waals surface area contributed by atoms with Crippen LogP contribution in [0.25, 0.3) is 0 Å². The van der Waals surface area contributed by atoms with Gasteiger partial charge in [0.1, 0.15) is 0 Å². The van der Waals surface area contributed by atoms with Gasteiger partial charge in [-0.15, -0.1) is 11.3 Å². The van der Waals surface area contributed by atoms with E-state index in [0.717, 1.165) is 13.1 Å². The smallest absolute Gasteiger partial charge is 0.0328 e. The van der Waals surface area contributed by atoms with Crippen LogP contribution in [-0.4, -0.2) is 31.1 Å². The first kappa shape index (κ1) is 16.0. The van der Waals surface area contributed by atoms with Crippen molar-refractivity contribution < 1.29 is 0 Å². The molecule has 0 amide bonds. The number of thiophene rings is 1. The Balaban J connectivity index is 1.91. The number of nitrogens with one attached hydrogen (secondary N) is 1. The molecule has 0 saturated heterocycles. The Morgan fingerprint density at radius 2 is 2.10 bits per heavy atom. The van der Waals surface area contributed by atoms with Crippen molar-refractivity contribution in [2.75, 3.05) is 26.2 Å². The van der Waals surface area contributed by atoms with Crippen LogP contribution >= 0.6 is 11.3 Å². The predicted octanol–water partition coefficient (Wildman–Crippen LogP) is 4.13. The molecule has 1 aromatic heterocycles. The van der Waals surface area contributed by atoms with Crippen LogP contribution in [0, 0.1) is 5.41 Å². The van der Waals surface area contributed by atoms with Gasteiger partial charge in [-0.05, 0) is 49.2 Å². The fourth-order valence-corrected chi connectivity index (χ4v) is 4.17. The summed E-state index contributed by atoms with van der Waals surface area (Å²) in [6.45, 7) is 10.5. The third-order valence-corrected chi connectivity index (χ3v) is 5.42. The molecule has 1 aromatic rings. The van der Waals surface area contributed by atoms with E-state index in [4.69, 9.17) is 0 Å². The van der Waals surface area contributed by atoms with Crippen LogP contribution in [0.3, 0.4) is 0 Å². The van der Waals surface area contributed by atoms with E-state index in [9.17, 15) is 0 Å². The molecule has 1 fully saturated rings. The van der Waals surface area contributed by atoms with Gasteiger partial charge in [0.15, 0.2) is 0 Å². The lowest BCUT2D eigenvalue weighted by molar-refractivity contribution is 0.149. The first-order chi connectivity index (χ1) is 9.78. The summed E-state index contributed by atoms with van der Waals surface area (Å²) >= 11 is 1.89. The number of rotatable bonds is 9. The molecule has 0 aliphatic heterocycles. The minimum absolute atomic E-state index is 0.530. The molecule has 0 atom stereocenters. The fraction of sp³-hybridized carbons (Fsp3) is 0.765. The van der Waals surface area contributed by atoms with Crippen molar-refractivity contribution in [3.05, 3.63) is 22.4 Å². The molecule has 1 saturated carbocycles. The van der Waals surface area contributed by atoms with E-state index in [1.807, 2.05) is 11.3 Å². The van der Waals surface area contributed by atoms with Crippen molar-refractivity contribution in [3.63, 3.8) is 0 Å². The molecular formula is C17H30N2S. The van der Waals surface area contributed by atoms with Crippen LogP contribution in [0.4, 0.5) is 0 Å². The summed E-state index contributed by atoms with van der Waals surface area (Å²) in [4.78, 5) is 4.15. The van der Waals surface area contributed by atoms with Gasteiger partial charge in [-0.25, -0.2) is 0 Å². The molecule has 20 heavy (non-hydrogen) atoms. The molecule has 0 radical (unpaired) electrons. The van der Waals surface area contributed by atoms with Gasteiger partial charge in [0, 0.05) is 24.5 Å². The van der Waals surface area contributed by atoms with Gasteiger partial charge < -0.3 is 5.32 Å². The summed E-state index contributed by atoms with van der Waals surface area (Å²) < 4.78 is 0. The van der Waals surface area contributed by atoms with E-state index in [0.29, 0.717) is 5.41 Å². The van der Waals surface area contributed by atoms with Crippen molar-refractivity contribution in [2.45, 2.75) is 52.5 Å². The van der Waals surface area contributed by atoms with Crippen LogP contribution in [0.15, 0.2) is 17.5 Å². The lowest BCUT2D eigenvalue weighted by Gasteiger charge is -2.35. The molecule has 1 aliphatic rings. The highest BCUT2D eigenvalue weighted by molar-refractivity contribution is 7.09. The highest BCUT2D eigenvalue weighted by atomic mass is 32.1. The van der Waals surface area contributed by atoms with Gasteiger partial charge in [0.25, 0.3) is 0 Å². The van der Waals surface area contributed by atoms with Crippen LogP contribution in [0.2, 0.25) is 0 Å². The molecule has 2 rings (SSSR count). The molecule has 1 aliphatic carbocycles. The second kappa shape index (κ2) is 8.16. The first-order valence-electron chi connectivity index (χ1n) is 8.23. The van der Waals surface area contributed by atoms with Crippen LogP contribution in [0.1, 0.15) is 50.8 Å². The molecule has 0 unspecified atom stereocenters. The molecule has 0 aromatic carbocycles. The molecule has 3 heteroatoms. The summed E-state index contributed by atoms with van der Waals surface area (Å²) in [5.74, 6) is 0. The Morgan fingerprint density at radius 1 is 1.30 bits per heavy atom. The van der Waals surface area contributed by atoms with Crippen molar-refractivity contribution in [1.82, 2.24) is 10.2 Å². The maximum atomic E-state index is 3.68. The summed E-state index contributed by atoms with van der Waals surface area (Å²) in [6, 6.07) is 4.44. The zero-order valence-electron chi connectivity index (χ0n) is 13.2. The summed E-state index contributed by atoms with van der Waals surface area (Å²) in [6.07, 6.45) is 6.90. The lowest BCUT2D eigenvalue weighted by Crippen LogP contribution is -2.42. The van der Waals surface area contributed by atoms with Crippen molar-refractivity contribution in [2.24, 2.45) is 5.41 Å². The molecule has 1 heterocycles. The van der Waals surface area contributed by atoms with Gasteiger partial charge >= 0.3 is 0 Å². The molecule has 0 spiro atoms. The van der Waals surface area contributed by atoms with E-state index < -0.39 is 0 Å². The second-order valence-electron chi connectivity index (χ2n) is 6.27. The SMILES string of the molecule is CCCNCC1(CN(CC)Cc2cccs2)CCCC1. The molecule has 114 valence electrons. The third-order valence-electron chi connectivity index (χ3n) is 4.56. The Hall–Kier alpha value is -0.380. The molecule has 1 N–H and O–H groups in total. The van der Waals surface area contributed by atoms with E-state index in [-0.39, 0.29) is 0 Å². The fourth-order valence-electron chi connectivity index (χ4n) is 3.42. The normalized spacial score (nSPS) is 17.9. The van der Waals surface area contributed by atoms with Gasteiger partial charge in [-0.3, -0.25) is 4.90 Å². The zero-order chi connectivity index (χ0) is 14.3. The molecule has 2 nitrogen and oxygen atoms in total. The third kappa shape index (κ3) is 4.57. The molecular weight excluding hydrogens is 264 g/mol. The average Bonchev–Trinajstić information content (AvgIpc) is 3.11. The summed E-state index contributed by atoms with van der Waals surface area (Å²) in [5.41, 5.74) is 0.530. The lowest BCUT2D eigenvalue weighted by atomic mass is 9.85. The topological polar surface area (TPSA) is 15.3 Å². The largest absolute Gasteiger partial charge is 0.316 e. The van der Waals surface area contributed by atoms with Crippen LogP contribution in [0.5, 0.6) is 0 Å². The standard InChI is InChI=1S/C17H30N2S/c1-3-11-18-14-17(9-5-6-10-17)15-19(4-2)13-16-8-7-12-20-16/h7-8,12,18H,3-6,9-11,13-15H2,1-2H3. The predicted molar refractivity (Wildman–Crippen MR) is 89.3 cm³/mol. The van der Waals surface area contributed by atoms with Crippen LogP contribution in [-0.2, 0) is 6.54 Å². The zero-order valence-corrected chi connectivity index (χ0v) is 14.0. The number of hydrogen-bond acceptors (Lipinski definition) is 3. The Labute approximate surface area is 128 Å². The Morgan fingerprint density at radius 3 is 2.70 bits per heavy atom. The first-order valence-corrected chi connectivity index (χ1v) is 9.11. The van der Waals surface area contributed by atoms with Crippen LogP contribution < -0.4 is 5.32 Å². The summed E-state index contributed by atoms with van der Waals surface area (Å²) in [5, 5.41) is 5.87. The highest BCUT2D eigenvalue weighted by Crippen LogP contribution is 2.38. The van der Waals surface area contributed by atoms with Crippen molar-refractivity contribution in [3.8, 4) is 0 Å². The van der Waals surface area contributed by atoms with Gasteiger partial charge in [0.2, 0.25) is 0 Å². The van der Waals surface area contributed by atoms with Crippen molar-refractivity contribution in [1.29, 1.82) is 0 Å². The minimum atomic E-state index is 0.530. The quantitative estimate of drug-likeness (QED) is 0.689. The van der Waals surface area contributed by atoms with E-state index >= 15 is 0 Å². The van der Waals surface area contributed by atoms with Gasteiger partial charge in [-0.1, -0.05) is 32.8 Å². The van der Waals surface area contributed by atoms with Crippen molar-refractivity contribution >= 4 is 11.3 Å². The minimum Gasteiger partial charge on any atom is -0.316 e. The Kier molecular flexibility index (Phi) is 6.53. The Bertz CT molecular complexity index is 355. The number of hydrogen-bond donors (Lipinski definition) is 1. The highest BCUT2D eigenvalue weighted by Gasteiger charge is 2.34. The second-order valence-corrected chi connectivity index (χ2v) is 7.30. The van der Waals surface area contributed by atoms with E-state index in [1.165, 1.54) is 56.6 Å². The van der Waals surface area contributed by atoms with Gasteiger partial charge in [0.05, 0.1) is 0 Å². The summed E-state index contributed by atoms with van der Waals surface area (Å²) in [7, 11) is 0. The average molecular weight is 295 g/mol. The van der Waals surface area contributed by atoms with Gasteiger partial charge in [-0.2, -0.15) is 0 Å². The number of nitrogens with zero attached hydrogens (tertiary/aromatic N) is 1.